The largest absolute Gasteiger partial charge is 0.378 e. The predicted molar refractivity (Wildman–Crippen MR) is 128 cm³/mol. The summed E-state index contributed by atoms with van der Waals surface area (Å²) < 4.78 is 2.38. The number of anilines is 2. The lowest BCUT2D eigenvalue weighted by Gasteiger charge is -2.32. The molecule has 6 heteroatoms. The molecule has 142 valence electrons. The molecule has 0 aliphatic heterocycles. The first-order valence-electron chi connectivity index (χ1n) is 8.71. The van der Waals surface area contributed by atoms with Crippen LogP contribution in [0.4, 0.5) is 11.4 Å². The lowest BCUT2D eigenvalue weighted by atomic mass is 10.3. The van der Waals surface area contributed by atoms with E-state index in [-0.39, 0.29) is 0 Å². The lowest BCUT2D eigenvalue weighted by molar-refractivity contribution is 1.06. The van der Waals surface area contributed by atoms with E-state index in [1.807, 2.05) is 0 Å². The van der Waals surface area contributed by atoms with Crippen LogP contribution in [0.25, 0.3) is 0 Å². The molecule has 0 aromatic heterocycles. The highest BCUT2D eigenvalue weighted by atomic mass is 79.9. The van der Waals surface area contributed by atoms with Gasteiger partial charge in [0.1, 0.15) is 8.07 Å². The molecule has 0 unspecified atom stereocenters. The van der Waals surface area contributed by atoms with Crippen LogP contribution in [0, 0.1) is 0 Å². The molecule has 0 heterocycles. The van der Waals surface area contributed by atoms with E-state index in [4.69, 9.17) is 11.6 Å². The summed E-state index contributed by atoms with van der Waals surface area (Å²) in [4.78, 5) is 4.33. The molecule has 0 fully saturated rings. The summed E-state index contributed by atoms with van der Waals surface area (Å²) in [6.45, 7) is 2.46. The van der Waals surface area contributed by atoms with Crippen LogP contribution in [0.1, 0.15) is 6.42 Å². The molecule has 0 radical (unpaired) electrons. The van der Waals surface area contributed by atoms with Crippen molar-refractivity contribution in [3.05, 3.63) is 45.3 Å². The van der Waals surface area contributed by atoms with Crippen molar-refractivity contribution in [3.63, 3.8) is 0 Å². The molecule has 2 aromatic carbocycles. The molecule has 0 aliphatic carbocycles. The van der Waals surface area contributed by atoms with Gasteiger partial charge in [-0.3, -0.25) is 0 Å². The van der Waals surface area contributed by atoms with Gasteiger partial charge in [0.05, 0.1) is 0 Å². The summed E-state index contributed by atoms with van der Waals surface area (Å²) in [7, 11) is 6.36. The third kappa shape index (κ3) is 4.67. The number of benzene rings is 2. The van der Waals surface area contributed by atoms with E-state index in [0.29, 0.717) is 5.88 Å². The molecule has 0 aliphatic rings. The molecular formula is C20H27Br2ClN2Si. The molecule has 0 saturated heterocycles. The number of hydrogen-bond donors (Lipinski definition) is 0. The Bertz CT molecular complexity index is 708. The minimum atomic E-state index is -2.00. The van der Waals surface area contributed by atoms with Crippen LogP contribution in [0.3, 0.4) is 0 Å². The van der Waals surface area contributed by atoms with Gasteiger partial charge in [0.15, 0.2) is 0 Å². The van der Waals surface area contributed by atoms with Crippen LogP contribution in [0.5, 0.6) is 0 Å². The van der Waals surface area contributed by atoms with Gasteiger partial charge in [0.25, 0.3) is 0 Å². The summed E-state index contributed by atoms with van der Waals surface area (Å²) in [5, 5.41) is 2.84. The van der Waals surface area contributed by atoms with Crippen molar-refractivity contribution in [2.24, 2.45) is 0 Å². The van der Waals surface area contributed by atoms with E-state index < -0.39 is 8.07 Å². The Morgan fingerprint density at radius 2 is 1.27 bits per heavy atom. The second-order valence-electron chi connectivity index (χ2n) is 7.24. The number of halogens is 3. The predicted octanol–water partition coefficient (Wildman–Crippen LogP) is 5.17. The van der Waals surface area contributed by atoms with Crippen molar-refractivity contribution in [1.82, 2.24) is 0 Å². The first-order valence-corrected chi connectivity index (χ1v) is 13.5. The van der Waals surface area contributed by atoms with E-state index >= 15 is 0 Å². The highest BCUT2D eigenvalue weighted by Crippen LogP contribution is 2.27. The molecule has 0 N–H and O–H groups in total. The molecule has 0 saturated carbocycles. The normalized spacial score (nSPS) is 11.5. The quantitative estimate of drug-likeness (QED) is 0.369. The average Bonchev–Trinajstić information content (AvgIpc) is 2.60. The van der Waals surface area contributed by atoms with Gasteiger partial charge in [-0.2, -0.15) is 0 Å². The molecular weight excluding hydrogens is 492 g/mol. The van der Waals surface area contributed by atoms with Crippen LogP contribution in [0.15, 0.2) is 45.3 Å². The zero-order chi connectivity index (χ0) is 19.5. The Balaban J connectivity index is 2.70. The van der Waals surface area contributed by atoms with E-state index in [2.05, 4.69) is 113 Å². The molecule has 0 amide bonds. The third-order valence-electron chi connectivity index (χ3n) is 4.93. The molecule has 2 rings (SSSR count). The van der Waals surface area contributed by atoms with E-state index in [0.717, 1.165) is 12.5 Å². The number of alkyl halides is 1. The van der Waals surface area contributed by atoms with Gasteiger partial charge in [-0.05, 0) is 59.2 Å². The number of rotatable bonds is 7. The Kier molecular flexibility index (Phi) is 7.66. The Morgan fingerprint density at radius 3 is 1.62 bits per heavy atom. The average molecular weight is 519 g/mol. The van der Waals surface area contributed by atoms with Crippen molar-refractivity contribution in [1.29, 1.82) is 0 Å². The van der Waals surface area contributed by atoms with Crippen molar-refractivity contribution in [2.45, 2.75) is 19.0 Å². The van der Waals surface area contributed by atoms with Crippen LogP contribution < -0.4 is 20.2 Å². The molecule has 26 heavy (non-hydrogen) atoms. The summed E-state index contributed by atoms with van der Waals surface area (Å²) in [5.74, 6) is 0.693. The van der Waals surface area contributed by atoms with Crippen LogP contribution in [-0.2, 0) is 0 Å². The van der Waals surface area contributed by atoms with Gasteiger partial charge in [0, 0.05) is 54.4 Å². The summed E-state index contributed by atoms with van der Waals surface area (Å²) in [6, 6.07) is 14.5. The first kappa shape index (κ1) is 21.8. The summed E-state index contributed by atoms with van der Waals surface area (Å²) in [5.41, 5.74) is 2.46. The summed E-state index contributed by atoms with van der Waals surface area (Å²) >= 11 is 13.8. The van der Waals surface area contributed by atoms with Crippen molar-refractivity contribution in [3.8, 4) is 0 Å². The van der Waals surface area contributed by atoms with E-state index in [9.17, 15) is 0 Å². The molecule has 2 nitrogen and oxygen atoms in total. The highest BCUT2D eigenvalue weighted by molar-refractivity contribution is 9.11. The minimum absolute atomic E-state index is 0.693. The fourth-order valence-electron chi connectivity index (χ4n) is 3.26. The fourth-order valence-corrected chi connectivity index (χ4v) is 10.6. The minimum Gasteiger partial charge on any atom is -0.378 e. The van der Waals surface area contributed by atoms with Gasteiger partial charge < -0.3 is 9.80 Å². The first-order chi connectivity index (χ1) is 12.2. The maximum atomic E-state index is 6.11. The monoisotopic (exact) mass is 516 g/mol. The van der Waals surface area contributed by atoms with Gasteiger partial charge >= 0.3 is 0 Å². The zero-order valence-corrected chi connectivity index (χ0v) is 21.0. The van der Waals surface area contributed by atoms with Gasteiger partial charge in [-0.25, -0.2) is 0 Å². The standard InChI is InChI=1S/C20H27Br2ClN2Si/c1-24(2)15-7-9-17(21)19(13-15)26(5,12-6-11-23)20-14-16(25(3)4)8-10-18(20)22/h7-10,13-14H,6,11-12H2,1-5H3. The topological polar surface area (TPSA) is 6.48 Å². The van der Waals surface area contributed by atoms with Crippen LogP contribution in [-0.4, -0.2) is 42.1 Å². The number of nitrogens with zero attached hydrogens (tertiary/aromatic N) is 2. The van der Waals surface area contributed by atoms with Crippen molar-refractivity contribution >= 4 is 73.3 Å². The van der Waals surface area contributed by atoms with Crippen molar-refractivity contribution in [2.75, 3.05) is 43.9 Å². The molecule has 2 aromatic rings. The van der Waals surface area contributed by atoms with Gasteiger partial charge in [-0.1, -0.05) is 38.4 Å². The lowest BCUT2D eigenvalue weighted by Crippen LogP contribution is -2.57. The second kappa shape index (κ2) is 9.13. The Hall–Kier alpha value is -0.493. The van der Waals surface area contributed by atoms with Crippen molar-refractivity contribution < 1.29 is 0 Å². The molecule has 0 spiro atoms. The van der Waals surface area contributed by atoms with E-state index in [1.54, 1.807) is 0 Å². The third-order valence-corrected chi connectivity index (χ3v) is 11.9. The maximum Gasteiger partial charge on any atom is 0.118 e. The van der Waals surface area contributed by atoms with Crippen LogP contribution in [0.2, 0.25) is 12.6 Å². The van der Waals surface area contributed by atoms with Gasteiger partial charge in [-0.15, -0.1) is 11.6 Å². The maximum absolute atomic E-state index is 6.11. The summed E-state index contributed by atoms with van der Waals surface area (Å²) in [6.07, 6.45) is 1.02. The molecule has 0 bridgehead atoms. The molecule has 0 atom stereocenters. The zero-order valence-electron chi connectivity index (χ0n) is 16.1. The Labute approximate surface area is 180 Å². The van der Waals surface area contributed by atoms with Gasteiger partial charge in [0.2, 0.25) is 0 Å². The highest BCUT2D eigenvalue weighted by Gasteiger charge is 2.35. The smallest absolute Gasteiger partial charge is 0.118 e. The number of hydrogen-bond acceptors (Lipinski definition) is 2. The SMILES string of the molecule is CN(C)c1ccc(Br)c([Si](C)(CCCCl)c2cc(N(C)C)ccc2Br)c1. The fraction of sp³-hybridized carbons (Fsp3) is 0.400. The van der Waals surface area contributed by atoms with Crippen LogP contribution >= 0.6 is 43.5 Å². The second-order valence-corrected chi connectivity index (χ2v) is 13.6. The Morgan fingerprint density at radius 1 is 0.846 bits per heavy atom. The van der Waals surface area contributed by atoms with E-state index in [1.165, 1.54) is 30.7 Å².